The van der Waals surface area contributed by atoms with Crippen LogP contribution in [0.25, 0.3) is 10.9 Å². The second-order valence-corrected chi connectivity index (χ2v) is 4.41. The molecule has 3 rings (SSSR count). The Morgan fingerprint density at radius 3 is 2.94 bits per heavy atom. The van der Waals surface area contributed by atoms with Gasteiger partial charge in [0.25, 0.3) is 5.56 Å². The van der Waals surface area contributed by atoms with Crippen LogP contribution in [-0.2, 0) is 0 Å². The molecule has 1 saturated heterocycles. The fourth-order valence-corrected chi connectivity index (χ4v) is 2.14. The van der Waals surface area contributed by atoms with Crippen LogP contribution in [0, 0.1) is 0 Å². The molecule has 1 aromatic heterocycles. The molecule has 6 heteroatoms. The minimum atomic E-state index is -0.471. The third-order valence-corrected chi connectivity index (χ3v) is 3.12. The topological polar surface area (TPSA) is 90.0 Å². The van der Waals surface area contributed by atoms with E-state index in [1.54, 1.807) is 18.2 Å². The zero-order chi connectivity index (χ0) is 12.5. The molecular weight excluding hydrogens is 232 g/mol. The van der Waals surface area contributed by atoms with Crippen LogP contribution in [0.1, 0.15) is 0 Å². The van der Waals surface area contributed by atoms with Gasteiger partial charge in [0, 0.05) is 13.1 Å². The smallest absolute Gasteiger partial charge is 0.260 e. The molecule has 4 N–H and O–H groups in total. The summed E-state index contributed by atoms with van der Waals surface area (Å²) in [6, 6.07) is 7.03. The molecular formula is C12H14N4O2. The molecule has 0 radical (unpaired) electrons. The molecule has 0 aliphatic carbocycles. The molecule has 0 spiro atoms. The van der Waals surface area contributed by atoms with E-state index in [1.165, 1.54) is 0 Å². The van der Waals surface area contributed by atoms with Crippen LogP contribution in [-0.4, -0.2) is 40.3 Å². The molecule has 1 fully saturated rings. The van der Waals surface area contributed by atoms with Gasteiger partial charge in [-0.05, 0) is 12.1 Å². The van der Waals surface area contributed by atoms with Crippen molar-refractivity contribution in [2.75, 3.05) is 18.4 Å². The van der Waals surface area contributed by atoms with E-state index >= 15 is 0 Å². The fraction of sp³-hybridized carbons (Fsp3) is 0.333. The Balaban J connectivity index is 1.95. The summed E-state index contributed by atoms with van der Waals surface area (Å²) in [6.45, 7) is 1.20. The molecule has 94 valence electrons. The monoisotopic (exact) mass is 246 g/mol. The summed E-state index contributed by atoms with van der Waals surface area (Å²) in [6.07, 6.45) is -0.471. The zero-order valence-electron chi connectivity index (χ0n) is 9.68. The number of aliphatic hydroxyl groups is 1. The maximum Gasteiger partial charge on any atom is 0.260 e. The highest BCUT2D eigenvalue weighted by Crippen LogP contribution is 2.10. The van der Waals surface area contributed by atoms with Crippen molar-refractivity contribution in [2.45, 2.75) is 12.1 Å². The first-order valence-corrected chi connectivity index (χ1v) is 5.88. The van der Waals surface area contributed by atoms with E-state index in [0.29, 0.717) is 29.9 Å². The van der Waals surface area contributed by atoms with Gasteiger partial charge in [-0.3, -0.25) is 9.78 Å². The van der Waals surface area contributed by atoms with Gasteiger partial charge in [-0.25, -0.2) is 4.98 Å². The van der Waals surface area contributed by atoms with E-state index in [-0.39, 0.29) is 11.6 Å². The number of para-hydroxylation sites is 1. The Morgan fingerprint density at radius 1 is 1.33 bits per heavy atom. The first-order chi connectivity index (χ1) is 8.74. The zero-order valence-corrected chi connectivity index (χ0v) is 9.68. The van der Waals surface area contributed by atoms with Gasteiger partial charge in [0.1, 0.15) is 0 Å². The average molecular weight is 246 g/mol. The number of aromatic nitrogens is 2. The van der Waals surface area contributed by atoms with Crippen LogP contribution in [0.2, 0.25) is 0 Å². The van der Waals surface area contributed by atoms with Gasteiger partial charge in [0.2, 0.25) is 5.95 Å². The third kappa shape index (κ3) is 1.96. The summed E-state index contributed by atoms with van der Waals surface area (Å²) in [7, 11) is 0. The van der Waals surface area contributed by atoms with Crippen molar-refractivity contribution in [3.05, 3.63) is 34.6 Å². The Morgan fingerprint density at radius 2 is 2.17 bits per heavy atom. The van der Waals surface area contributed by atoms with E-state index in [0.717, 1.165) is 0 Å². The number of H-pyrrole nitrogens is 1. The van der Waals surface area contributed by atoms with Gasteiger partial charge in [0.15, 0.2) is 0 Å². The van der Waals surface area contributed by atoms with Crippen molar-refractivity contribution in [1.82, 2.24) is 15.3 Å². The van der Waals surface area contributed by atoms with Crippen molar-refractivity contribution < 1.29 is 5.11 Å². The van der Waals surface area contributed by atoms with Gasteiger partial charge in [-0.15, -0.1) is 0 Å². The summed E-state index contributed by atoms with van der Waals surface area (Å²) in [4.78, 5) is 18.9. The van der Waals surface area contributed by atoms with Crippen molar-refractivity contribution >= 4 is 16.9 Å². The van der Waals surface area contributed by atoms with Gasteiger partial charge < -0.3 is 15.7 Å². The minimum Gasteiger partial charge on any atom is -0.390 e. The van der Waals surface area contributed by atoms with Crippen LogP contribution in [0.4, 0.5) is 5.95 Å². The lowest BCUT2D eigenvalue weighted by atomic mass is 10.2. The van der Waals surface area contributed by atoms with Gasteiger partial charge >= 0.3 is 0 Å². The number of fused-ring (bicyclic) bond motifs is 1. The molecule has 0 amide bonds. The van der Waals surface area contributed by atoms with Crippen molar-refractivity contribution in [1.29, 1.82) is 0 Å². The molecule has 2 atom stereocenters. The molecule has 6 nitrogen and oxygen atoms in total. The number of β-amino-alcohol motifs (C(OH)–C–C–N with tert-alkyl or cyclic N) is 1. The summed E-state index contributed by atoms with van der Waals surface area (Å²) < 4.78 is 0. The normalized spacial score (nSPS) is 23.4. The Hall–Kier alpha value is -1.92. The van der Waals surface area contributed by atoms with Crippen LogP contribution >= 0.6 is 0 Å². The molecule has 0 unspecified atom stereocenters. The number of nitrogens with zero attached hydrogens (tertiary/aromatic N) is 1. The predicted molar refractivity (Wildman–Crippen MR) is 68.7 cm³/mol. The largest absolute Gasteiger partial charge is 0.390 e. The lowest BCUT2D eigenvalue weighted by Crippen LogP contribution is -2.33. The first kappa shape index (κ1) is 11.2. The number of hydrogen-bond acceptors (Lipinski definition) is 5. The molecule has 1 aromatic carbocycles. The van der Waals surface area contributed by atoms with Crippen molar-refractivity contribution in [3.8, 4) is 0 Å². The van der Waals surface area contributed by atoms with E-state index in [4.69, 9.17) is 0 Å². The minimum absolute atomic E-state index is 0.130. The maximum atomic E-state index is 11.8. The number of aromatic amines is 1. The quantitative estimate of drug-likeness (QED) is 0.582. The second kappa shape index (κ2) is 4.40. The Kier molecular flexibility index (Phi) is 2.73. The molecule has 2 heterocycles. The maximum absolute atomic E-state index is 11.8. The highest BCUT2D eigenvalue weighted by Gasteiger charge is 2.25. The van der Waals surface area contributed by atoms with Crippen LogP contribution in [0.5, 0.6) is 0 Å². The Bertz CT molecular complexity index is 625. The highest BCUT2D eigenvalue weighted by atomic mass is 16.3. The summed E-state index contributed by atoms with van der Waals surface area (Å²) >= 11 is 0. The fourth-order valence-electron chi connectivity index (χ4n) is 2.14. The Labute approximate surface area is 103 Å². The van der Waals surface area contributed by atoms with E-state index in [2.05, 4.69) is 20.6 Å². The number of rotatable bonds is 2. The molecule has 0 saturated carbocycles. The van der Waals surface area contributed by atoms with E-state index in [1.807, 2.05) is 6.07 Å². The number of hydrogen-bond donors (Lipinski definition) is 4. The van der Waals surface area contributed by atoms with Crippen LogP contribution in [0.3, 0.4) is 0 Å². The lowest BCUT2D eigenvalue weighted by Gasteiger charge is -2.15. The predicted octanol–water partition coefficient (Wildman–Crippen LogP) is -0.332. The third-order valence-electron chi connectivity index (χ3n) is 3.12. The van der Waals surface area contributed by atoms with Gasteiger partial charge in [-0.1, -0.05) is 12.1 Å². The van der Waals surface area contributed by atoms with Crippen LogP contribution < -0.4 is 16.2 Å². The molecule has 18 heavy (non-hydrogen) atoms. The standard InChI is InChI=1S/C12H14N4O2/c17-10-6-13-5-9(10)15-12-14-8-4-2-1-3-7(8)11(18)16-12/h1-4,9-10,13,17H,5-6H2,(H2,14,15,16,18)/t9-,10-/m1/s1. The van der Waals surface area contributed by atoms with E-state index < -0.39 is 6.10 Å². The molecule has 2 aromatic rings. The van der Waals surface area contributed by atoms with Gasteiger partial charge in [-0.2, -0.15) is 0 Å². The number of aliphatic hydroxyl groups excluding tert-OH is 1. The molecule has 1 aliphatic heterocycles. The number of benzene rings is 1. The highest BCUT2D eigenvalue weighted by molar-refractivity contribution is 5.78. The van der Waals surface area contributed by atoms with E-state index in [9.17, 15) is 9.90 Å². The van der Waals surface area contributed by atoms with Crippen molar-refractivity contribution in [2.24, 2.45) is 0 Å². The van der Waals surface area contributed by atoms with Crippen LogP contribution in [0.15, 0.2) is 29.1 Å². The number of anilines is 1. The van der Waals surface area contributed by atoms with Crippen molar-refractivity contribution in [3.63, 3.8) is 0 Å². The second-order valence-electron chi connectivity index (χ2n) is 4.41. The number of nitrogens with one attached hydrogen (secondary N) is 3. The van der Waals surface area contributed by atoms with Gasteiger partial charge in [0.05, 0.1) is 23.0 Å². The average Bonchev–Trinajstić information content (AvgIpc) is 2.75. The lowest BCUT2D eigenvalue weighted by molar-refractivity contribution is 0.185. The summed E-state index contributed by atoms with van der Waals surface area (Å²) in [5.41, 5.74) is 0.466. The summed E-state index contributed by atoms with van der Waals surface area (Å²) in [5, 5.41) is 16.4. The molecule has 1 aliphatic rings. The first-order valence-electron chi connectivity index (χ1n) is 5.88. The molecule has 0 bridgehead atoms. The summed E-state index contributed by atoms with van der Waals surface area (Å²) in [5.74, 6) is 0.395. The SMILES string of the molecule is O=c1[nH]c(N[C@@H]2CNC[C@H]2O)nc2ccccc12.